The Hall–Kier alpha value is -0.680. The highest BCUT2D eigenvalue weighted by Gasteiger charge is 2.37. The number of hydrogen-bond donors (Lipinski definition) is 1. The summed E-state index contributed by atoms with van der Waals surface area (Å²) in [6, 6.07) is 0. The Morgan fingerprint density at radius 1 is 1.20 bits per heavy atom. The van der Waals surface area contributed by atoms with Gasteiger partial charge in [0.15, 0.2) is 5.82 Å². The normalized spacial score (nSPS) is 18.3. The molecule has 2 rings (SSSR count). The zero-order chi connectivity index (χ0) is 14.8. The number of anilines is 1. The van der Waals surface area contributed by atoms with E-state index in [0.29, 0.717) is 5.92 Å². The minimum atomic E-state index is -0.311. The van der Waals surface area contributed by atoms with Gasteiger partial charge in [-0.3, -0.25) is 0 Å². The fourth-order valence-corrected chi connectivity index (χ4v) is 3.69. The molecule has 0 unspecified atom stereocenters. The highest BCUT2D eigenvalue weighted by Crippen LogP contribution is 2.40. The summed E-state index contributed by atoms with van der Waals surface area (Å²) in [5.74, 6) is 2.02. The number of halogens is 1. The molecule has 1 aromatic heterocycles. The first-order valence-electron chi connectivity index (χ1n) is 7.35. The van der Waals surface area contributed by atoms with Gasteiger partial charge in [-0.1, -0.05) is 33.1 Å². The Balaban J connectivity index is 2.52. The summed E-state index contributed by atoms with van der Waals surface area (Å²) in [5.41, 5.74) is 0.732. The van der Waals surface area contributed by atoms with Crippen LogP contribution in [0.15, 0.2) is 4.47 Å². The molecule has 0 radical (unpaired) electrons. The third-order valence-corrected chi connectivity index (χ3v) is 4.90. The van der Waals surface area contributed by atoms with E-state index in [-0.39, 0.29) is 5.60 Å². The Labute approximate surface area is 129 Å². The van der Waals surface area contributed by atoms with E-state index in [4.69, 9.17) is 14.7 Å². The third-order valence-electron chi connectivity index (χ3n) is 4.12. The lowest BCUT2D eigenvalue weighted by Gasteiger charge is -2.35. The van der Waals surface area contributed by atoms with Gasteiger partial charge in [0.1, 0.15) is 11.4 Å². The van der Waals surface area contributed by atoms with Crippen LogP contribution < -0.4 is 5.32 Å². The minimum absolute atomic E-state index is 0.311. The van der Waals surface area contributed by atoms with Gasteiger partial charge in [-0.15, -0.1) is 0 Å². The summed E-state index contributed by atoms with van der Waals surface area (Å²) in [4.78, 5) is 9.53. The summed E-state index contributed by atoms with van der Waals surface area (Å²) in [6.07, 6.45) is 5.65. The van der Waals surface area contributed by atoms with Crippen molar-refractivity contribution in [2.24, 2.45) is 0 Å². The second kappa shape index (κ2) is 6.39. The van der Waals surface area contributed by atoms with Crippen molar-refractivity contribution in [1.82, 2.24) is 9.97 Å². The molecule has 0 atom stereocenters. The lowest BCUT2D eigenvalue weighted by atomic mass is 9.83. The second-order valence-electron chi connectivity index (χ2n) is 5.76. The molecule has 112 valence electrons. The fraction of sp³-hybridized carbons (Fsp3) is 0.733. The van der Waals surface area contributed by atoms with Crippen molar-refractivity contribution in [3.63, 3.8) is 0 Å². The standard InChI is InChI=1S/C15H24BrN3O/c1-10(2)12-11(16)13(17-3)19-14(18-12)15(20-4)8-6-5-7-9-15/h10H,5-9H2,1-4H3,(H,17,18,19). The number of ether oxygens (including phenoxy) is 1. The molecule has 1 aliphatic rings. The van der Waals surface area contributed by atoms with Crippen LogP contribution in [0.5, 0.6) is 0 Å². The van der Waals surface area contributed by atoms with Crippen LogP contribution in [0, 0.1) is 0 Å². The van der Waals surface area contributed by atoms with E-state index < -0.39 is 0 Å². The fourth-order valence-electron chi connectivity index (χ4n) is 2.86. The van der Waals surface area contributed by atoms with Crippen molar-refractivity contribution in [3.8, 4) is 0 Å². The van der Waals surface area contributed by atoms with Gasteiger partial charge >= 0.3 is 0 Å². The first-order chi connectivity index (χ1) is 9.54. The molecule has 1 aliphatic carbocycles. The topological polar surface area (TPSA) is 47.0 Å². The van der Waals surface area contributed by atoms with E-state index in [1.54, 1.807) is 7.11 Å². The SMILES string of the molecule is CNc1nc(C2(OC)CCCCC2)nc(C(C)C)c1Br. The zero-order valence-electron chi connectivity index (χ0n) is 12.8. The van der Waals surface area contributed by atoms with Gasteiger partial charge in [-0.25, -0.2) is 9.97 Å². The molecule has 1 fully saturated rings. The molecule has 0 saturated heterocycles. The molecule has 1 aromatic rings. The number of hydrogen-bond acceptors (Lipinski definition) is 4. The lowest BCUT2D eigenvalue weighted by molar-refractivity contribution is -0.0515. The van der Waals surface area contributed by atoms with Crippen LogP contribution in [0.25, 0.3) is 0 Å². The summed E-state index contributed by atoms with van der Waals surface area (Å²) >= 11 is 3.61. The van der Waals surface area contributed by atoms with Crippen LogP contribution in [-0.4, -0.2) is 24.1 Å². The van der Waals surface area contributed by atoms with E-state index in [0.717, 1.165) is 34.7 Å². The van der Waals surface area contributed by atoms with Crippen LogP contribution in [-0.2, 0) is 10.3 Å². The van der Waals surface area contributed by atoms with Crippen molar-refractivity contribution in [1.29, 1.82) is 0 Å². The number of nitrogens with zero attached hydrogens (tertiary/aromatic N) is 2. The first-order valence-corrected chi connectivity index (χ1v) is 8.14. The molecule has 1 heterocycles. The molecular formula is C15H24BrN3O. The number of rotatable bonds is 4. The van der Waals surface area contributed by atoms with Crippen LogP contribution in [0.2, 0.25) is 0 Å². The van der Waals surface area contributed by atoms with E-state index in [1.807, 2.05) is 7.05 Å². The molecule has 1 N–H and O–H groups in total. The predicted octanol–water partition coefficient (Wildman–Crippen LogP) is 4.21. The Morgan fingerprint density at radius 3 is 2.35 bits per heavy atom. The van der Waals surface area contributed by atoms with Gasteiger partial charge in [-0.2, -0.15) is 0 Å². The van der Waals surface area contributed by atoms with Crippen molar-refractivity contribution in [3.05, 3.63) is 16.0 Å². The van der Waals surface area contributed by atoms with Crippen LogP contribution in [0.4, 0.5) is 5.82 Å². The van der Waals surface area contributed by atoms with Gasteiger partial charge in [0, 0.05) is 14.2 Å². The molecule has 20 heavy (non-hydrogen) atoms. The first kappa shape index (κ1) is 15.7. The van der Waals surface area contributed by atoms with Crippen molar-refractivity contribution >= 4 is 21.7 Å². The smallest absolute Gasteiger partial charge is 0.162 e. The highest BCUT2D eigenvalue weighted by molar-refractivity contribution is 9.10. The average Bonchev–Trinajstić information content (AvgIpc) is 2.47. The molecule has 1 saturated carbocycles. The highest BCUT2D eigenvalue weighted by atomic mass is 79.9. The Bertz CT molecular complexity index is 470. The lowest BCUT2D eigenvalue weighted by Crippen LogP contribution is -2.34. The third kappa shape index (κ3) is 2.84. The van der Waals surface area contributed by atoms with Gasteiger partial charge < -0.3 is 10.1 Å². The summed E-state index contributed by atoms with van der Waals surface area (Å²) in [6.45, 7) is 4.30. The number of methoxy groups -OCH3 is 1. The molecule has 0 aromatic carbocycles. The maximum Gasteiger partial charge on any atom is 0.162 e. The van der Waals surface area contributed by atoms with Crippen LogP contribution in [0.3, 0.4) is 0 Å². The van der Waals surface area contributed by atoms with E-state index in [1.165, 1.54) is 19.3 Å². The zero-order valence-corrected chi connectivity index (χ0v) is 14.4. The maximum atomic E-state index is 5.87. The van der Waals surface area contributed by atoms with Crippen LogP contribution >= 0.6 is 15.9 Å². The van der Waals surface area contributed by atoms with Crippen LogP contribution in [0.1, 0.15) is 63.4 Å². The van der Waals surface area contributed by atoms with Crippen molar-refractivity contribution in [2.75, 3.05) is 19.5 Å². The van der Waals surface area contributed by atoms with Gasteiger partial charge in [0.05, 0.1) is 10.2 Å². The summed E-state index contributed by atoms with van der Waals surface area (Å²) in [5, 5.41) is 3.16. The Kier molecular flexibility index (Phi) is 5.02. The molecular weight excluding hydrogens is 318 g/mol. The maximum absolute atomic E-state index is 5.87. The monoisotopic (exact) mass is 341 g/mol. The van der Waals surface area contributed by atoms with Gasteiger partial charge in [-0.05, 0) is 34.7 Å². The molecule has 4 nitrogen and oxygen atoms in total. The molecule has 0 amide bonds. The number of nitrogens with one attached hydrogen (secondary N) is 1. The van der Waals surface area contributed by atoms with Crippen molar-refractivity contribution in [2.45, 2.75) is 57.5 Å². The van der Waals surface area contributed by atoms with Gasteiger partial charge in [0.2, 0.25) is 0 Å². The summed E-state index contributed by atoms with van der Waals surface area (Å²) in [7, 11) is 3.67. The predicted molar refractivity (Wildman–Crippen MR) is 85.1 cm³/mol. The average molecular weight is 342 g/mol. The van der Waals surface area contributed by atoms with E-state index in [2.05, 4.69) is 35.1 Å². The van der Waals surface area contributed by atoms with E-state index in [9.17, 15) is 0 Å². The quantitative estimate of drug-likeness (QED) is 0.890. The number of aromatic nitrogens is 2. The molecule has 0 spiro atoms. The largest absolute Gasteiger partial charge is 0.372 e. The Morgan fingerprint density at radius 2 is 1.85 bits per heavy atom. The molecule has 5 heteroatoms. The molecule has 0 aliphatic heterocycles. The molecule has 0 bridgehead atoms. The second-order valence-corrected chi connectivity index (χ2v) is 6.55. The van der Waals surface area contributed by atoms with Gasteiger partial charge in [0.25, 0.3) is 0 Å². The van der Waals surface area contributed by atoms with Crippen molar-refractivity contribution < 1.29 is 4.74 Å². The van der Waals surface area contributed by atoms with E-state index >= 15 is 0 Å². The summed E-state index contributed by atoms with van der Waals surface area (Å²) < 4.78 is 6.83. The minimum Gasteiger partial charge on any atom is -0.372 e.